The van der Waals surface area contributed by atoms with Crippen LogP contribution in [0.15, 0.2) is 10.5 Å². The minimum atomic E-state index is -0.507. The van der Waals surface area contributed by atoms with E-state index >= 15 is 0 Å². The van der Waals surface area contributed by atoms with Gasteiger partial charge in [-0.1, -0.05) is 0 Å². The molecule has 0 aliphatic carbocycles. The van der Waals surface area contributed by atoms with Crippen molar-refractivity contribution in [2.45, 2.75) is 6.92 Å². The molecule has 0 spiro atoms. The fourth-order valence-corrected chi connectivity index (χ4v) is 0.830. The number of nitriles is 1. The van der Waals surface area contributed by atoms with Gasteiger partial charge in [0.15, 0.2) is 0 Å². The molecule has 0 aliphatic rings. The first-order valence-corrected chi connectivity index (χ1v) is 4.18. The monoisotopic (exact) mass is 207 g/mol. The first-order chi connectivity index (χ1) is 7.17. The summed E-state index contributed by atoms with van der Waals surface area (Å²) in [5.41, 5.74) is 5.31. The van der Waals surface area contributed by atoms with Gasteiger partial charge in [0.05, 0.1) is 6.61 Å². The Morgan fingerprint density at radius 1 is 1.80 bits per heavy atom. The molecule has 1 aromatic heterocycles. The van der Waals surface area contributed by atoms with Crippen LogP contribution in [0.25, 0.3) is 6.08 Å². The molecule has 2 N–H and O–H groups in total. The molecular formula is C9H9N3O3. The second kappa shape index (κ2) is 4.81. The Labute approximate surface area is 86.0 Å². The predicted octanol–water partition coefficient (Wildman–Crippen LogP) is 0.705. The van der Waals surface area contributed by atoms with Crippen molar-refractivity contribution in [2.24, 2.45) is 0 Å². The molecule has 0 unspecified atom stereocenters. The zero-order valence-corrected chi connectivity index (χ0v) is 8.06. The SMILES string of the molecule is CCOC(=O)/C=C/c1nc(C#N)c(N)o1. The average molecular weight is 207 g/mol. The van der Waals surface area contributed by atoms with Gasteiger partial charge in [-0.05, 0) is 6.92 Å². The lowest BCUT2D eigenvalue weighted by atomic mass is 10.5. The Hall–Kier alpha value is -2.29. The molecule has 0 saturated heterocycles. The van der Waals surface area contributed by atoms with Gasteiger partial charge in [-0.15, -0.1) is 0 Å². The van der Waals surface area contributed by atoms with Crippen molar-refractivity contribution in [1.29, 1.82) is 5.26 Å². The number of hydrogen-bond donors (Lipinski definition) is 1. The van der Waals surface area contributed by atoms with E-state index in [1.54, 1.807) is 13.0 Å². The lowest BCUT2D eigenvalue weighted by Gasteiger charge is -1.92. The molecule has 0 saturated carbocycles. The number of nitrogens with zero attached hydrogens (tertiary/aromatic N) is 2. The van der Waals surface area contributed by atoms with Crippen LogP contribution in [0.1, 0.15) is 18.5 Å². The molecule has 1 rings (SSSR count). The average Bonchev–Trinajstić information content (AvgIpc) is 2.56. The van der Waals surface area contributed by atoms with Crippen molar-refractivity contribution >= 4 is 17.9 Å². The molecule has 0 aliphatic heterocycles. The van der Waals surface area contributed by atoms with Gasteiger partial charge in [0.25, 0.3) is 0 Å². The Morgan fingerprint density at radius 2 is 2.53 bits per heavy atom. The first kappa shape index (κ1) is 10.8. The summed E-state index contributed by atoms with van der Waals surface area (Å²) in [6.45, 7) is 1.99. The van der Waals surface area contributed by atoms with Gasteiger partial charge in [-0.2, -0.15) is 10.2 Å². The number of nitrogen functional groups attached to an aromatic ring is 1. The van der Waals surface area contributed by atoms with Crippen LogP contribution in [0.5, 0.6) is 0 Å². The van der Waals surface area contributed by atoms with Gasteiger partial charge in [0, 0.05) is 12.2 Å². The van der Waals surface area contributed by atoms with Gasteiger partial charge in [-0.3, -0.25) is 0 Å². The van der Waals surface area contributed by atoms with Gasteiger partial charge in [-0.25, -0.2) is 4.79 Å². The third-order valence-electron chi connectivity index (χ3n) is 1.42. The Kier molecular flexibility index (Phi) is 3.46. The number of ether oxygens (including phenoxy) is 1. The maximum atomic E-state index is 10.9. The van der Waals surface area contributed by atoms with Crippen LogP contribution < -0.4 is 5.73 Å². The summed E-state index contributed by atoms with van der Waals surface area (Å²) >= 11 is 0. The highest BCUT2D eigenvalue weighted by Crippen LogP contribution is 2.12. The molecule has 0 aromatic carbocycles. The fraction of sp³-hybridized carbons (Fsp3) is 0.222. The standard InChI is InChI=1S/C9H9N3O3/c1-2-14-8(13)4-3-7-12-6(5-10)9(11)15-7/h3-4H,2,11H2,1H3/b4-3+. The second-order valence-electron chi connectivity index (χ2n) is 2.46. The quantitative estimate of drug-likeness (QED) is 0.578. The zero-order chi connectivity index (χ0) is 11.3. The highest BCUT2D eigenvalue weighted by molar-refractivity contribution is 5.86. The van der Waals surface area contributed by atoms with Crippen LogP contribution in [0.3, 0.4) is 0 Å². The van der Waals surface area contributed by atoms with Crippen LogP contribution in [0.4, 0.5) is 5.88 Å². The van der Waals surface area contributed by atoms with E-state index in [-0.39, 0.29) is 17.5 Å². The van der Waals surface area contributed by atoms with Crippen LogP contribution in [-0.4, -0.2) is 17.6 Å². The smallest absolute Gasteiger partial charge is 0.330 e. The molecule has 0 atom stereocenters. The molecule has 1 heterocycles. The maximum Gasteiger partial charge on any atom is 0.330 e. The first-order valence-electron chi connectivity index (χ1n) is 4.18. The molecule has 6 nitrogen and oxygen atoms in total. The third kappa shape index (κ3) is 2.84. The third-order valence-corrected chi connectivity index (χ3v) is 1.42. The predicted molar refractivity (Wildman–Crippen MR) is 51.3 cm³/mol. The second-order valence-corrected chi connectivity index (χ2v) is 2.46. The molecule has 15 heavy (non-hydrogen) atoms. The topological polar surface area (TPSA) is 102 Å². The van der Waals surface area contributed by atoms with Crippen molar-refractivity contribution in [1.82, 2.24) is 4.98 Å². The molecule has 78 valence electrons. The number of anilines is 1. The van der Waals surface area contributed by atoms with Crippen molar-refractivity contribution in [3.8, 4) is 6.07 Å². The van der Waals surface area contributed by atoms with E-state index in [1.807, 2.05) is 0 Å². The normalized spacial score (nSPS) is 10.1. The summed E-state index contributed by atoms with van der Waals surface area (Å²) < 4.78 is 9.52. The Morgan fingerprint density at radius 3 is 3.07 bits per heavy atom. The van der Waals surface area contributed by atoms with Crippen LogP contribution >= 0.6 is 0 Å². The number of aromatic nitrogens is 1. The summed E-state index contributed by atoms with van der Waals surface area (Å²) in [7, 11) is 0. The van der Waals surface area contributed by atoms with Gasteiger partial charge < -0.3 is 14.9 Å². The molecular weight excluding hydrogens is 198 g/mol. The Balaban J connectivity index is 2.73. The van der Waals surface area contributed by atoms with E-state index in [1.165, 1.54) is 6.08 Å². The number of hydrogen-bond acceptors (Lipinski definition) is 6. The number of carbonyl (C=O) groups is 1. The van der Waals surface area contributed by atoms with E-state index in [0.29, 0.717) is 6.61 Å². The summed E-state index contributed by atoms with van der Waals surface area (Å²) in [4.78, 5) is 14.6. The van der Waals surface area contributed by atoms with E-state index < -0.39 is 5.97 Å². The molecule has 0 radical (unpaired) electrons. The minimum Gasteiger partial charge on any atom is -0.463 e. The molecule has 0 bridgehead atoms. The van der Waals surface area contributed by atoms with Gasteiger partial charge in [0.1, 0.15) is 6.07 Å². The lowest BCUT2D eigenvalue weighted by Crippen LogP contribution is -1.98. The number of esters is 1. The van der Waals surface area contributed by atoms with Gasteiger partial charge in [0.2, 0.25) is 17.5 Å². The van der Waals surface area contributed by atoms with E-state index in [9.17, 15) is 4.79 Å². The van der Waals surface area contributed by atoms with E-state index in [0.717, 1.165) is 6.08 Å². The number of rotatable bonds is 3. The molecule has 0 amide bonds. The lowest BCUT2D eigenvalue weighted by molar-refractivity contribution is -0.137. The summed E-state index contributed by atoms with van der Waals surface area (Å²) in [6, 6.07) is 1.75. The summed E-state index contributed by atoms with van der Waals surface area (Å²) in [6.07, 6.45) is 2.44. The minimum absolute atomic E-state index is 0.00138. The summed E-state index contributed by atoms with van der Waals surface area (Å²) in [5.74, 6) is -0.481. The Bertz CT molecular complexity index is 428. The van der Waals surface area contributed by atoms with Crippen molar-refractivity contribution in [3.63, 3.8) is 0 Å². The van der Waals surface area contributed by atoms with Crippen molar-refractivity contribution in [2.75, 3.05) is 12.3 Å². The fourth-order valence-electron chi connectivity index (χ4n) is 0.830. The summed E-state index contributed by atoms with van der Waals surface area (Å²) in [5, 5.41) is 8.53. The number of nitrogens with two attached hydrogens (primary N) is 1. The molecule has 1 aromatic rings. The zero-order valence-electron chi connectivity index (χ0n) is 8.06. The van der Waals surface area contributed by atoms with Crippen LogP contribution in [0, 0.1) is 11.3 Å². The van der Waals surface area contributed by atoms with Crippen LogP contribution in [-0.2, 0) is 9.53 Å². The van der Waals surface area contributed by atoms with Crippen molar-refractivity contribution in [3.05, 3.63) is 17.7 Å². The number of carbonyl (C=O) groups excluding carboxylic acids is 1. The molecule has 6 heteroatoms. The van der Waals surface area contributed by atoms with Crippen LogP contribution in [0.2, 0.25) is 0 Å². The van der Waals surface area contributed by atoms with Gasteiger partial charge >= 0.3 is 5.97 Å². The van der Waals surface area contributed by atoms with E-state index in [4.69, 9.17) is 15.4 Å². The number of oxazole rings is 1. The van der Waals surface area contributed by atoms with Crippen molar-refractivity contribution < 1.29 is 13.9 Å². The largest absolute Gasteiger partial charge is 0.463 e. The maximum absolute atomic E-state index is 10.9. The highest BCUT2D eigenvalue weighted by atomic mass is 16.5. The molecule has 0 fully saturated rings. The van der Waals surface area contributed by atoms with E-state index in [2.05, 4.69) is 9.72 Å². The highest BCUT2D eigenvalue weighted by Gasteiger charge is 2.07.